The lowest BCUT2D eigenvalue weighted by molar-refractivity contribution is -0.174. The number of nitrogens with one attached hydrogen (secondary N) is 1. The first-order chi connectivity index (χ1) is 14.0. The Bertz CT molecular complexity index is 1010. The summed E-state index contributed by atoms with van der Waals surface area (Å²) in [4.78, 5) is 16.2. The molecule has 3 aromatic rings. The number of rotatable bonds is 7. The Hall–Kier alpha value is -3.25. The summed E-state index contributed by atoms with van der Waals surface area (Å²) in [6, 6.07) is 11.4. The average molecular weight is 388 g/mol. The van der Waals surface area contributed by atoms with Crippen LogP contribution in [0, 0.1) is 6.92 Å². The zero-order valence-electron chi connectivity index (χ0n) is 16.5. The van der Waals surface area contributed by atoms with Crippen molar-refractivity contribution in [1.29, 1.82) is 0 Å². The van der Waals surface area contributed by atoms with Crippen LogP contribution < -0.4 is 4.74 Å². The minimum absolute atomic E-state index is 0.262. The first-order valence-electron chi connectivity index (χ1n) is 9.69. The highest BCUT2D eigenvalue weighted by atomic mass is 16.6. The summed E-state index contributed by atoms with van der Waals surface area (Å²) in [6.45, 7) is 3.91. The summed E-state index contributed by atoms with van der Waals surface area (Å²) in [5, 5.41) is 11.7. The topological polar surface area (TPSA) is 83.4 Å². The largest absolute Gasteiger partial charge is 0.459 e. The van der Waals surface area contributed by atoms with Crippen LogP contribution in [0.4, 0.5) is 0 Å². The van der Waals surface area contributed by atoms with Crippen LogP contribution in [0.15, 0.2) is 72.1 Å². The number of ether oxygens (including phenoxy) is 1. The number of benzene rings is 1. The minimum atomic E-state index is -1.56. The molecule has 0 aliphatic carbocycles. The van der Waals surface area contributed by atoms with Crippen molar-refractivity contribution in [3.8, 4) is 17.0 Å². The van der Waals surface area contributed by atoms with Gasteiger partial charge in [0.1, 0.15) is 17.1 Å². The van der Waals surface area contributed by atoms with Gasteiger partial charge in [0.15, 0.2) is 0 Å². The van der Waals surface area contributed by atoms with E-state index >= 15 is 0 Å². The fourth-order valence-electron chi connectivity index (χ4n) is 3.66. The van der Waals surface area contributed by atoms with Crippen molar-refractivity contribution in [3.05, 3.63) is 78.5 Å². The van der Waals surface area contributed by atoms with Gasteiger partial charge in [-0.05, 0) is 67.0 Å². The quantitative estimate of drug-likeness (QED) is 0.602. The van der Waals surface area contributed by atoms with Gasteiger partial charge in [0.25, 0.3) is 0 Å². The predicted octanol–water partition coefficient (Wildman–Crippen LogP) is 3.88. The standard InChI is InChI=1S/C23H24N4O2/c1-3-22(11-5-13-26-22)23(28,14-18-6-4-12-24-15-18)29-20-9-7-19(8-10-20)21-16-25-17(2)27-21/h4-13,15-16,28H,3,14H2,1-2H3,(H,25,27). The molecular formula is C23H24N4O2. The van der Waals surface area contributed by atoms with Crippen molar-refractivity contribution in [3.63, 3.8) is 0 Å². The van der Waals surface area contributed by atoms with E-state index in [-0.39, 0.29) is 6.42 Å². The van der Waals surface area contributed by atoms with Gasteiger partial charge in [-0.3, -0.25) is 9.98 Å². The van der Waals surface area contributed by atoms with Crippen LogP contribution in [0.3, 0.4) is 0 Å². The maximum Gasteiger partial charge on any atom is 0.241 e. The molecule has 0 spiro atoms. The molecule has 2 N–H and O–H groups in total. The van der Waals surface area contributed by atoms with Crippen LogP contribution in [-0.4, -0.2) is 37.6 Å². The molecule has 2 atom stereocenters. The second kappa shape index (κ2) is 7.64. The molecule has 0 bridgehead atoms. The maximum atomic E-state index is 11.7. The Morgan fingerprint density at radius 1 is 1.17 bits per heavy atom. The van der Waals surface area contributed by atoms with Crippen molar-refractivity contribution in [1.82, 2.24) is 15.0 Å². The molecule has 0 fully saturated rings. The molecule has 0 saturated heterocycles. The summed E-state index contributed by atoms with van der Waals surface area (Å²) in [7, 11) is 0. The second-order valence-corrected chi connectivity index (χ2v) is 7.25. The van der Waals surface area contributed by atoms with E-state index in [4.69, 9.17) is 4.74 Å². The van der Waals surface area contributed by atoms with E-state index in [9.17, 15) is 5.11 Å². The van der Waals surface area contributed by atoms with Crippen molar-refractivity contribution in [2.24, 2.45) is 4.99 Å². The fraction of sp³-hybridized carbons (Fsp3) is 0.261. The summed E-state index contributed by atoms with van der Waals surface area (Å²) in [6.07, 6.45) is 11.6. The van der Waals surface area contributed by atoms with Crippen LogP contribution in [0.25, 0.3) is 11.3 Å². The van der Waals surface area contributed by atoms with Gasteiger partial charge in [-0.2, -0.15) is 0 Å². The van der Waals surface area contributed by atoms with Gasteiger partial charge < -0.3 is 14.8 Å². The van der Waals surface area contributed by atoms with Crippen LogP contribution in [0.5, 0.6) is 5.75 Å². The Kier molecular flexibility index (Phi) is 5.03. The molecule has 6 nitrogen and oxygen atoms in total. The number of hydrogen-bond donors (Lipinski definition) is 2. The van der Waals surface area contributed by atoms with E-state index in [2.05, 4.69) is 19.9 Å². The van der Waals surface area contributed by atoms with Crippen molar-refractivity contribution < 1.29 is 9.84 Å². The molecule has 29 heavy (non-hydrogen) atoms. The molecule has 1 aliphatic heterocycles. The van der Waals surface area contributed by atoms with E-state index < -0.39 is 11.3 Å². The number of aromatic nitrogens is 3. The van der Waals surface area contributed by atoms with Gasteiger partial charge in [-0.1, -0.05) is 13.0 Å². The van der Waals surface area contributed by atoms with Gasteiger partial charge in [-0.25, -0.2) is 4.98 Å². The highest BCUT2D eigenvalue weighted by molar-refractivity contribution is 5.75. The monoisotopic (exact) mass is 388 g/mol. The third-order valence-electron chi connectivity index (χ3n) is 5.30. The molecule has 1 aromatic carbocycles. The summed E-state index contributed by atoms with van der Waals surface area (Å²) >= 11 is 0. The minimum Gasteiger partial charge on any atom is -0.459 e. The first-order valence-corrected chi connectivity index (χ1v) is 9.69. The zero-order chi connectivity index (χ0) is 20.3. The van der Waals surface area contributed by atoms with Gasteiger partial charge in [0, 0.05) is 25.0 Å². The van der Waals surface area contributed by atoms with E-state index in [0.717, 1.165) is 22.6 Å². The third kappa shape index (κ3) is 3.71. The number of nitrogens with zero attached hydrogens (tertiary/aromatic N) is 3. The Morgan fingerprint density at radius 3 is 2.59 bits per heavy atom. The van der Waals surface area contributed by atoms with Gasteiger partial charge in [-0.15, -0.1) is 0 Å². The lowest BCUT2D eigenvalue weighted by Gasteiger charge is -2.41. The molecule has 148 valence electrons. The lowest BCUT2D eigenvalue weighted by atomic mass is 9.83. The normalized spacial score (nSPS) is 20.0. The first kappa shape index (κ1) is 19.1. The molecule has 0 radical (unpaired) electrons. The molecular weight excluding hydrogens is 364 g/mol. The number of imidazole rings is 1. The molecule has 3 heterocycles. The van der Waals surface area contributed by atoms with Crippen molar-refractivity contribution >= 4 is 6.21 Å². The van der Waals surface area contributed by atoms with Crippen LogP contribution in [0.1, 0.15) is 24.7 Å². The molecule has 0 amide bonds. The predicted molar refractivity (Wildman–Crippen MR) is 113 cm³/mol. The SMILES string of the molecule is CCC1(C(O)(Cc2cccnc2)Oc2ccc(-c3cnc(C)[nH]3)cc2)C=CC=N1. The number of aliphatic imine (C=N–C) groups is 1. The maximum absolute atomic E-state index is 11.7. The molecule has 6 heteroatoms. The number of hydrogen-bond acceptors (Lipinski definition) is 5. The molecule has 4 rings (SSSR count). The highest BCUT2D eigenvalue weighted by Crippen LogP contribution is 2.38. The van der Waals surface area contributed by atoms with Crippen molar-refractivity contribution in [2.75, 3.05) is 0 Å². The number of pyridine rings is 1. The smallest absolute Gasteiger partial charge is 0.241 e. The highest BCUT2D eigenvalue weighted by Gasteiger charge is 2.51. The molecule has 1 aliphatic rings. The molecule has 0 saturated carbocycles. The zero-order valence-corrected chi connectivity index (χ0v) is 16.5. The van der Waals surface area contributed by atoms with Gasteiger partial charge >= 0.3 is 0 Å². The Balaban J connectivity index is 1.65. The van der Waals surface area contributed by atoms with E-state index in [1.165, 1.54) is 0 Å². The number of allylic oxidation sites excluding steroid dienone is 1. The summed E-state index contributed by atoms with van der Waals surface area (Å²) < 4.78 is 6.22. The second-order valence-electron chi connectivity index (χ2n) is 7.25. The third-order valence-corrected chi connectivity index (χ3v) is 5.30. The van der Waals surface area contributed by atoms with Crippen LogP contribution in [0.2, 0.25) is 0 Å². The summed E-state index contributed by atoms with van der Waals surface area (Å²) in [5.41, 5.74) is 1.95. The van der Waals surface area contributed by atoms with Crippen molar-refractivity contribution in [2.45, 2.75) is 38.0 Å². The number of aliphatic hydroxyl groups is 1. The fourth-order valence-corrected chi connectivity index (χ4v) is 3.66. The van der Waals surface area contributed by atoms with Crippen LogP contribution >= 0.6 is 0 Å². The summed E-state index contributed by atoms with van der Waals surface area (Å²) in [5.74, 6) is -0.123. The van der Waals surface area contributed by atoms with Gasteiger partial charge in [0.05, 0.1) is 11.9 Å². The lowest BCUT2D eigenvalue weighted by Crippen LogP contribution is -2.56. The molecule has 2 unspecified atom stereocenters. The number of aryl methyl sites for hydroxylation is 1. The number of H-pyrrole nitrogens is 1. The van der Waals surface area contributed by atoms with Crippen LogP contribution in [-0.2, 0) is 6.42 Å². The Labute approximate surface area is 170 Å². The van der Waals surface area contributed by atoms with E-state index in [0.29, 0.717) is 12.2 Å². The number of aromatic amines is 1. The Morgan fingerprint density at radius 2 is 2.00 bits per heavy atom. The van der Waals surface area contributed by atoms with E-state index in [1.54, 1.807) is 24.8 Å². The van der Waals surface area contributed by atoms with E-state index in [1.807, 2.05) is 62.4 Å². The average Bonchev–Trinajstić information content (AvgIpc) is 3.39. The van der Waals surface area contributed by atoms with Gasteiger partial charge in [0.2, 0.25) is 5.79 Å². The molecule has 2 aromatic heterocycles.